The quantitative estimate of drug-likeness (QED) is 0.732. The zero-order valence-electron chi connectivity index (χ0n) is 10.1. The van der Waals surface area contributed by atoms with Crippen molar-refractivity contribution >= 4 is 0 Å². The van der Waals surface area contributed by atoms with E-state index in [0.717, 1.165) is 17.8 Å². The van der Waals surface area contributed by atoms with Gasteiger partial charge in [0.15, 0.2) is 0 Å². The summed E-state index contributed by atoms with van der Waals surface area (Å²) >= 11 is 0. The lowest BCUT2D eigenvalue weighted by atomic mass is 9.77. The Morgan fingerprint density at radius 1 is 1.21 bits per heavy atom. The molecule has 1 rings (SSSR count). The Bertz CT molecular complexity index is 153. The molecular weight excluding hydrogens is 170 g/mol. The first kappa shape index (κ1) is 12.0. The van der Waals surface area contributed by atoms with Gasteiger partial charge < -0.3 is 5.73 Å². The third kappa shape index (κ3) is 4.00. The second kappa shape index (κ2) is 5.75. The minimum Gasteiger partial charge on any atom is -0.327 e. The van der Waals surface area contributed by atoms with E-state index in [9.17, 15) is 0 Å². The summed E-state index contributed by atoms with van der Waals surface area (Å²) in [6.07, 6.45) is 8.11. The summed E-state index contributed by atoms with van der Waals surface area (Å²) in [5.74, 6) is 2.54. The summed E-state index contributed by atoms with van der Waals surface area (Å²) in [6, 6.07) is 0.472. The Hall–Kier alpha value is -0.0400. The molecule has 3 atom stereocenters. The van der Waals surface area contributed by atoms with Crippen LogP contribution in [0.1, 0.15) is 59.3 Å². The Morgan fingerprint density at radius 2 is 1.93 bits per heavy atom. The number of rotatable bonds is 4. The maximum Gasteiger partial charge on any atom is 0.00673 e. The van der Waals surface area contributed by atoms with Gasteiger partial charge in [0.2, 0.25) is 0 Å². The van der Waals surface area contributed by atoms with Crippen molar-refractivity contribution in [1.29, 1.82) is 0 Å². The van der Waals surface area contributed by atoms with Gasteiger partial charge in [0, 0.05) is 6.04 Å². The summed E-state index contributed by atoms with van der Waals surface area (Å²) in [5, 5.41) is 0. The molecule has 0 radical (unpaired) electrons. The molecule has 0 saturated heterocycles. The molecular formula is C13H27N. The molecule has 0 bridgehead atoms. The van der Waals surface area contributed by atoms with Crippen LogP contribution in [-0.4, -0.2) is 6.04 Å². The Kier molecular flexibility index (Phi) is 4.94. The van der Waals surface area contributed by atoms with Crippen LogP contribution in [0.5, 0.6) is 0 Å². The van der Waals surface area contributed by atoms with Crippen LogP contribution in [0.25, 0.3) is 0 Å². The molecule has 0 aromatic rings. The maximum atomic E-state index is 6.26. The van der Waals surface area contributed by atoms with Gasteiger partial charge in [-0.1, -0.05) is 33.6 Å². The second-order valence-electron chi connectivity index (χ2n) is 5.67. The highest BCUT2D eigenvalue weighted by atomic mass is 14.6. The predicted molar refractivity (Wildman–Crippen MR) is 63.2 cm³/mol. The molecule has 0 heterocycles. The average Bonchev–Trinajstić information content (AvgIpc) is 2.14. The molecule has 0 aromatic carbocycles. The number of hydrogen-bond donors (Lipinski definition) is 1. The van der Waals surface area contributed by atoms with Gasteiger partial charge in [-0.15, -0.1) is 0 Å². The summed E-state index contributed by atoms with van der Waals surface area (Å²) in [5.41, 5.74) is 6.26. The first-order chi connectivity index (χ1) is 6.59. The zero-order chi connectivity index (χ0) is 10.6. The van der Waals surface area contributed by atoms with Gasteiger partial charge in [-0.2, -0.15) is 0 Å². The summed E-state index contributed by atoms with van der Waals surface area (Å²) in [6.45, 7) is 6.95. The Morgan fingerprint density at radius 3 is 2.50 bits per heavy atom. The molecule has 0 spiro atoms. The molecule has 1 heteroatoms. The average molecular weight is 197 g/mol. The molecule has 1 aliphatic rings. The van der Waals surface area contributed by atoms with Gasteiger partial charge >= 0.3 is 0 Å². The monoisotopic (exact) mass is 197 g/mol. The first-order valence-electron chi connectivity index (χ1n) is 6.35. The molecule has 3 unspecified atom stereocenters. The van der Waals surface area contributed by atoms with Crippen LogP contribution >= 0.6 is 0 Å². The zero-order valence-corrected chi connectivity index (χ0v) is 10.1. The summed E-state index contributed by atoms with van der Waals surface area (Å²) < 4.78 is 0. The van der Waals surface area contributed by atoms with Gasteiger partial charge in [0.05, 0.1) is 0 Å². The van der Waals surface area contributed by atoms with Gasteiger partial charge in [0.1, 0.15) is 0 Å². The number of nitrogens with two attached hydrogens (primary N) is 1. The van der Waals surface area contributed by atoms with Crippen molar-refractivity contribution in [3.05, 3.63) is 0 Å². The fraction of sp³-hybridized carbons (Fsp3) is 1.00. The molecule has 0 amide bonds. The summed E-state index contributed by atoms with van der Waals surface area (Å²) in [4.78, 5) is 0. The van der Waals surface area contributed by atoms with E-state index in [4.69, 9.17) is 5.73 Å². The molecule has 0 aliphatic heterocycles. The van der Waals surface area contributed by atoms with E-state index in [0.29, 0.717) is 6.04 Å². The van der Waals surface area contributed by atoms with Crippen molar-refractivity contribution < 1.29 is 0 Å². The normalized spacial score (nSPS) is 30.6. The topological polar surface area (TPSA) is 26.0 Å². The molecule has 84 valence electrons. The van der Waals surface area contributed by atoms with Crippen molar-refractivity contribution in [2.24, 2.45) is 23.5 Å². The fourth-order valence-corrected chi connectivity index (χ4v) is 2.63. The van der Waals surface area contributed by atoms with Crippen molar-refractivity contribution in [3.63, 3.8) is 0 Å². The van der Waals surface area contributed by atoms with Gasteiger partial charge in [-0.05, 0) is 43.4 Å². The first-order valence-corrected chi connectivity index (χ1v) is 6.35. The van der Waals surface area contributed by atoms with Crippen molar-refractivity contribution in [3.8, 4) is 0 Å². The van der Waals surface area contributed by atoms with E-state index >= 15 is 0 Å². The SMILES string of the molecule is CC(C)CCC(N)C1CCCC(C)C1. The van der Waals surface area contributed by atoms with E-state index in [1.165, 1.54) is 38.5 Å². The van der Waals surface area contributed by atoms with Crippen LogP contribution in [0.3, 0.4) is 0 Å². The van der Waals surface area contributed by atoms with Crippen molar-refractivity contribution in [1.82, 2.24) is 0 Å². The molecule has 0 aromatic heterocycles. The Labute approximate surface area is 89.5 Å². The largest absolute Gasteiger partial charge is 0.327 e. The van der Waals surface area contributed by atoms with E-state index < -0.39 is 0 Å². The minimum absolute atomic E-state index is 0.472. The standard InChI is InChI=1S/C13H27N/c1-10(2)7-8-13(14)12-6-4-5-11(3)9-12/h10-13H,4-9,14H2,1-3H3. The lowest BCUT2D eigenvalue weighted by molar-refractivity contribution is 0.234. The molecule has 1 saturated carbocycles. The Balaban J connectivity index is 2.25. The van der Waals surface area contributed by atoms with Crippen LogP contribution < -0.4 is 5.73 Å². The highest BCUT2D eigenvalue weighted by molar-refractivity contribution is 4.79. The highest BCUT2D eigenvalue weighted by Crippen LogP contribution is 2.31. The molecule has 1 nitrogen and oxygen atoms in total. The van der Waals surface area contributed by atoms with Gasteiger partial charge in [-0.25, -0.2) is 0 Å². The number of hydrogen-bond acceptors (Lipinski definition) is 1. The van der Waals surface area contributed by atoms with Crippen LogP contribution in [0.2, 0.25) is 0 Å². The van der Waals surface area contributed by atoms with Crippen LogP contribution in [0.15, 0.2) is 0 Å². The maximum absolute atomic E-state index is 6.26. The van der Waals surface area contributed by atoms with Crippen molar-refractivity contribution in [2.45, 2.75) is 65.3 Å². The molecule has 1 fully saturated rings. The van der Waals surface area contributed by atoms with Crippen LogP contribution in [0, 0.1) is 17.8 Å². The lowest BCUT2D eigenvalue weighted by Crippen LogP contribution is -2.33. The van der Waals surface area contributed by atoms with Gasteiger partial charge in [0.25, 0.3) is 0 Å². The molecule has 2 N–H and O–H groups in total. The minimum atomic E-state index is 0.472. The molecule has 1 aliphatic carbocycles. The smallest absolute Gasteiger partial charge is 0.00673 e. The third-order valence-corrected chi connectivity index (χ3v) is 3.66. The van der Waals surface area contributed by atoms with Gasteiger partial charge in [-0.3, -0.25) is 0 Å². The van der Waals surface area contributed by atoms with E-state index in [1.54, 1.807) is 0 Å². The van der Waals surface area contributed by atoms with E-state index in [2.05, 4.69) is 20.8 Å². The van der Waals surface area contributed by atoms with Crippen LogP contribution in [-0.2, 0) is 0 Å². The third-order valence-electron chi connectivity index (χ3n) is 3.66. The van der Waals surface area contributed by atoms with Crippen molar-refractivity contribution in [2.75, 3.05) is 0 Å². The van der Waals surface area contributed by atoms with E-state index in [-0.39, 0.29) is 0 Å². The van der Waals surface area contributed by atoms with E-state index in [1.807, 2.05) is 0 Å². The highest BCUT2D eigenvalue weighted by Gasteiger charge is 2.23. The lowest BCUT2D eigenvalue weighted by Gasteiger charge is -2.31. The van der Waals surface area contributed by atoms with Crippen LogP contribution in [0.4, 0.5) is 0 Å². The summed E-state index contributed by atoms with van der Waals surface area (Å²) in [7, 11) is 0. The fourth-order valence-electron chi connectivity index (χ4n) is 2.63. The predicted octanol–water partition coefficient (Wildman–Crippen LogP) is 3.58. The molecule has 14 heavy (non-hydrogen) atoms. The second-order valence-corrected chi connectivity index (χ2v) is 5.67.